The van der Waals surface area contributed by atoms with Crippen molar-refractivity contribution in [1.82, 2.24) is 65.2 Å². The van der Waals surface area contributed by atoms with Crippen molar-refractivity contribution < 1.29 is 17.6 Å². The standard InChI is InChI=1S/C32H21F2N7.C29H23F2N7.C4H10/c1-18(19-5-3-2-4-6-19)37-23-15-21(16-35-17-23)24-11-12-25-27(28(24)34)31(41-40-25)32-38-26-13-14-36-29(30(26)39-32)20-7-9-22(33)10-8-20;30-20-5-3-18(4-6-20)26-27-23(9-10-33-26)34-29(35-27)28-24-22(36-37-28)8-7-21(25(24)31)19-13-17(14-32-15-19)16-38-11-1-2-12-38;1-4(2)3/h2-17,37H,1H2,(H,38,39)(H,40,41);3-10,13-15H,1-2,11-12,16H2,(H,34,35)(H,36,37);4H,1-3H3. The van der Waals surface area contributed by atoms with Crippen molar-refractivity contribution in [3.8, 4) is 67.8 Å². The number of pyridine rings is 4. The molecular formula is C65H54F4N14. The Kier molecular flexibility index (Phi) is 14.9. The SMILES string of the molecule is C=C(Nc1cncc(-c2ccc3[nH]nc(-c4nc5c(-c6ccc(F)cc6)nccc5[nH]4)c3c2F)c1)c1ccccc1.CC(C)C.Fc1ccc(-c2nccc3[nH]c(-c4n[nH]c5ccc(-c6cncc(CN7CCCC7)c6)c(F)c45)nc23)cc1. The maximum Gasteiger partial charge on any atom is 0.159 e. The molecule has 9 heterocycles. The van der Waals surface area contributed by atoms with Gasteiger partial charge in [0.05, 0.1) is 56.1 Å². The molecule has 0 bridgehead atoms. The number of H-pyrrole nitrogens is 4. The number of likely N-dealkylation sites (tertiary alicyclic amines) is 1. The molecule has 1 aliphatic heterocycles. The number of hydrogen-bond acceptors (Lipinski definition) is 10. The first-order chi connectivity index (χ1) is 40.4. The van der Waals surface area contributed by atoms with Crippen molar-refractivity contribution in [2.45, 2.75) is 40.2 Å². The number of nitrogens with one attached hydrogen (secondary N) is 5. The molecular weight excluding hydrogens is 1050 g/mol. The predicted molar refractivity (Wildman–Crippen MR) is 319 cm³/mol. The number of nitrogens with zero attached hydrogens (tertiary/aromatic N) is 9. The number of hydrogen-bond donors (Lipinski definition) is 5. The summed E-state index contributed by atoms with van der Waals surface area (Å²) < 4.78 is 59.3. The maximum absolute atomic E-state index is 16.2. The van der Waals surface area contributed by atoms with Crippen molar-refractivity contribution in [3.05, 3.63) is 206 Å². The number of imidazole rings is 2. The third kappa shape index (κ3) is 11.2. The summed E-state index contributed by atoms with van der Waals surface area (Å²) in [7, 11) is 0. The summed E-state index contributed by atoms with van der Waals surface area (Å²) in [5, 5.41) is 18.5. The second kappa shape index (κ2) is 23.1. The molecule has 0 spiro atoms. The van der Waals surface area contributed by atoms with Crippen LogP contribution >= 0.6 is 0 Å². The lowest BCUT2D eigenvalue weighted by Gasteiger charge is -2.15. The lowest BCUT2D eigenvalue weighted by Crippen LogP contribution is -2.18. The molecule has 13 aromatic rings. The van der Waals surface area contributed by atoms with Crippen LogP contribution in [0.3, 0.4) is 0 Å². The minimum atomic E-state index is -0.454. The Hall–Kier alpha value is -10.2. The molecule has 83 heavy (non-hydrogen) atoms. The van der Waals surface area contributed by atoms with E-state index in [-0.39, 0.29) is 17.5 Å². The Morgan fingerprint density at radius 2 is 1.05 bits per heavy atom. The molecule has 5 aromatic carbocycles. The van der Waals surface area contributed by atoms with Gasteiger partial charge in [-0.1, -0.05) is 57.7 Å². The van der Waals surface area contributed by atoms with E-state index in [1.54, 1.807) is 85.6 Å². The first-order valence-corrected chi connectivity index (χ1v) is 27.1. The number of halogens is 4. The van der Waals surface area contributed by atoms with E-state index in [2.05, 4.69) is 87.9 Å². The summed E-state index contributed by atoms with van der Waals surface area (Å²) >= 11 is 0. The number of aromatic nitrogens is 12. The van der Waals surface area contributed by atoms with Crippen LogP contribution in [0.5, 0.6) is 0 Å². The molecule has 8 aromatic heterocycles. The van der Waals surface area contributed by atoms with E-state index in [1.807, 2.05) is 54.7 Å². The van der Waals surface area contributed by atoms with Crippen LogP contribution in [0.2, 0.25) is 0 Å². The van der Waals surface area contributed by atoms with E-state index < -0.39 is 5.82 Å². The highest BCUT2D eigenvalue weighted by molar-refractivity contribution is 6.00. The maximum atomic E-state index is 16.2. The molecule has 1 fully saturated rings. The van der Waals surface area contributed by atoms with Gasteiger partial charge in [-0.15, -0.1) is 0 Å². The van der Waals surface area contributed by atoms with E-state index in [0.29, 0.717) is 106 Å². The summed E-state index contributed by atoms with van der Waals surface area (Å²) in [5.74, 6) is 0.129. The minimum absolute atomic E-state index is 0.296. The van der Waals surface area contributed by atoms with Crippen LogP contribution in [0.1, 0.15) is 44.7 Å². The first-order valence-electron chi connectivity index (χ1n) is 27.1. The normalized spacial score (nSPS) is 12.5. The molecule has 0 radical (unpaired) electrons. The molecule has 18 heteroatoms. The van der Waals surface area contributed by atoms with Gasteiger partial charge in [0, 0.05) is 76.6 Å². The van der Waals surface area contributed by atoms with Crippen molar-refractivity contribution in [3.63, 3.8) is 0 Å². The zero-order valence-electron chi connectivity index (χ0n) is 45.4. The zero-order chi connectivity index (χ0) is 57.1. The van der Waals surface area contributed by atoms with Crippen LogP contribution < -0.4 is 5.32 Å². The second-order valence-electron chi connectivity index (χ2n) is 20.9. The molecule has 0 atom stereocenters. The Bertz CT molecular complexity index is 4460. The molecule has 1 saturated heterocycles. The van der Waals surface area contributed by atoms with E-state index in [0.717, 1.165) is 53.3 Å². The molecule has 0 aliphatic carbocycles. The third-order valence-electron chi connectivity index (χ3n) is 14.0. The fourth-order valence-corrected chi connectivity index (χ4v) is 10.1. The van der Waals surface area contributed by atoms with Gasteiger partial charge in [-0.25, -0.2) is 27.5 Å². The largest absolute Gasteiger partial charge is 0.354 e. The highest BCUT2D eigenvalue weighted by Crippen LogP contribution is 2.38. The van der Waals surface area contributed by atoms with Gasteiger partial charge < -0.3 is 15.3 Å². The van der Waals surface area contributed by atoms with Crippen LogP contribution in [0, 0.1) is 29.2 Å². The van der Waals surface area contributed by atoms with Crippen LogP contribution in [-0.2, 0) is 6.54 Å². The minimum Gasteiger partial charge on any atom is -0.354 e. The lowest BCUT2D eigenvalue weighted by molar-refractivity contribution is 0.331. The first kappa shape index (κ1) is 53.4. The van der Waals surface area contributed by atoms with Crippen LogP contribution in [0.4, 0.5) is 23.2 Å². The smallest absolute Gasteiger partial charge is 0.159 e. The third-order valence-corrected chi connectivity index (χ3v) is 14.0. The van der Waals surface area contributed by atoms with Gasteiger partial charge in [-0.05, 0) is 140 Å². The van der Waals surface area contributed by atoms with Gasteiger partial charge in [-0.2, -0.15) is 10.2 Å². The van der Waals surface area contributed by atoms with Gasteiger partial charge in [0.25, 0.3) is 0 Å². The van der Waals surface area contributed by atoms with Gasteiger partial charge in [0.2, 0.25) is 0 Å². The van der Waals surface area contributed by atoms with E-state index >= 15 is 8.78 Å². The molecule has 0 saturated carbocycles. The van der Waals surface area contributed by atoms with Gasteiger partial charge in [0.1, 0.15) is 45.7 Å². The summed E-state index contributed by atoms with van der Waals surface area (Å²) in [6, 6.07) is 36.3. The number of benzene rings is 5. The molecule has 0 unspecified atom stereocenters. The molecule has 14 nitrogen and oxygen atoms in total. The molecule has 5 N–H and O–H groups in total. The summed E-state index contributed by atoms with van der Waals surface area (Å²) in [6.07, 6.45) is 12.6. The van der Waals surface area contributed by atoms with Gasteiger partial charge in [0.15, 0.2) is 11.6 Å². The quantitative estimate of drug-likeness (QED) is 0.0782. The Morgan fingerprint density at radius 3 is 1.57 bits per heavy atom. The average Bonchev–Trinajstić information content (AvgIpc) is 2.61. The van der Waals surface area contributed by atoms with Crippen molar-refractivity contribution in [2.24, 2.45) is 5.92 Å². The lowest BCUT2D eigenvalue weighted by atomic mass is 10.0. The molecule has 412 valence electrons. The topological polar surface area (TPSA) is 182 Å². The van der Waals surface area contributed by atoms with Crippen molar-refractivity contribution in [2.75, 3.05) is 18.4 Å². The molecule has 1 aliphatic rings. The summed E-state index contributed by atoms with van der Waals surface area (Å²) in [6.45, 7) is 13.6. The van der Waals surface area contributed by atoms with Crippen LogP contribution in [0.15, 0.2) is 171 Å². The Morgan fingerprint density at radius 1 is 0.554 bits per heavy atom. The molecule has 0 amide bonds. The van der Waals surface area contributed by atoms with Gasteiger partial charge in [-0.3, -0.25) is 35.0 Å². The zero-order valence-corrected chi connectivity index (χ0v) is 45.4. The van der Waals surface area contributed by atoms with Crippen molar-refractivity contribution in [1.29, 1.82) is 0 Å². The van der Waals surface area contributed by atoms with E-state index in [4.69, 9.17) is 9.97 Å². The number of anilines is 1. The summed E-state index contributed by atoms with van der Waals surface area (Å²) in [5.41, 5.74) is 12.6. The fourth-order valence-electron chi connectivity index (χ4n) is 10.1. The highest BCUT2D eigenvalue weighted by atomic mass is 19.1. The number of rotatable bonds is 11. The van der Waals surface area contributed by atoms with E-state index in [9.17, 15) is 8.78 Å². The Labute approximate surface area is 473 Å². The van der Waals surface area contributed by atoms with Crippen molar-refractivity contribution >= 4 is 55.3 Å². The Balaban J connectivity index is 0.000000154. The number of fused-ring (bicyclic) bond motifs is 4. The summed E-state index contributed by atoms with van der Waals surface area (Å²) in [4.78, 5) is 36.0. The van der Waals surface area contributed by atoms with Gasteiger partial charge >= 0.3 is 0 Å². The second-order valence-corrected chi connectivity index (χ2v) is 20.9. The van der Waals surface area contributed by atoms with E-state index in [1.165, 1.54) is 37.1 Å². The number of aromatic amines is 4. The average molecular weight is 1110 g/mol. The highest BCUT2D eigenvalue weighted by Gasteiger charge is 2.24. The van der Waals surface area contributed by atoms with Crippen LogP contribution in [-0.4, -0.2) is 78.3 Å². The molecule has 14 rings (SSSR count). The van der Waals surface area contributed by atoms with Crippen LogP contribution in [0.25, 0.3) is 117 Å². The predicted octanol–water partition coefficient (Wildman–Crippen LogP) is 15.4. The fraction of sp³-hybridized carbons (Fsp3) is 0.138. The monoisotopic (exact) mass is 1110 g/mol.